The largest absolute Gasteiger partial charge is 0.313 e. The van der Waals surface area contributed by atoms with Crippen molar-refractivity contribution in [2.75, 3.05) is 0 Å². The number of para-hydroxylation sites is 3. The van der Waals surface area contributed by atoms with E-state index in [1.807, 2.05) is 0 Å². The average Bonchev–Trinajstić information content (AvgIpc) is 3.71. The highest BCUT2D eigenvalue weighted by Gasteiger charge is 2.22. The second-order valence-corrected chi connectivity index (χ2v) is 13.3. The van der Waals surface area contributed by atoms with Crippen LogP contribution in [0.25, 0.3) is 78.0 Å². The molecule has 0 fully saturated rings. The topological polar surface area (TPSA) is 9.86 Å². The lowest BCUT2D eigenvalue weighted by Gasteiger charge is -2.18. The maximum atomic E-state index is 2.45. The van der Waals surface area contributed by atoms with E-state index in [4.69, 9.17) is 0 Å². The summed E-state index contributed by atoms with van der Waals surface area (Å²) in [5.41, 5.74) is 16.5. The Balaban J connectivity index is 1.02. The molecule has 2 heteroatoms. The third-order valence-corrected chi connectivity index (χ3v) is 10.5. The van der Waals surface area contributed by atoms with Gasteiger partial charge in [-0.2, -0.15) is 0 Å². The number of hydrogen-bond acceptors (Lipinski definition) is 0. The van der Waals surface area contributed by atoms with E-state index in [1.165, 1.54) is 88.7 Å². The minimum atomic E-state index is 1.02. The monoisotopic (exact) mass is 638 g/mol. The van der Waals surface area contributed by atoms with Gasteiger partial charge >= 0.3 is 0 Å². The molecule has 236 valence electrons. The van der Waals surface area contributed by atoms with Gasteiger partial charge in [-0.15, -0.1) is 0 Å². The molecule has 0 radical (unpaired) electrons. The molecule has 2 nitrogen and oxygen atoms in total. The molecule has 0 saturated carbocycles. The third-order valence-electron chi connectivity index (χ3n) is 10.5. The molecule has 9 aromatic rings. The predicted octanol–water partition coefficient (Wildman–Crippen LogP) is 12.5. The molecule has 50 heavy (non-hydrogen) atoms. The molecule has 7 aromatic carbocycles. The lowest BCUT2D eigenvalue weighted by molar-refractivity contribution is 0.898. The van der Waals surface area contributed by atoms with Crippen molar-refractivity contribution in [1.82, 2.24) is 9.13 Å². The summed E-state index contributed by atoms with van der Waals surface area (Å²) < 4.78 is 4.86. The van der Waals surface area contributed by atoms with Crippen molar-refractivity contribution in [2.24, 2.45) is 0 Å². The van der Waals surface area contributed by atoms with Crippen LogP contribution in [0.1, 0.15) is 23.2 Å². The molecule has 0 unspecified atom stereocenters. The molecule has 10 rings (SSSR count). The Morgan fingerprint density at radius 3 is 1.70 bits per heavy atom. The first-order valence-corrected chi connectivity index (χ1v) is 17.5. The highest BCUT2D eigenvalue weighted by atomic mass is 15.0. The molecule has 2 aromatic heterocycles. The average molecular weight is 639 g/mol. The van der Waals surface area contributed by atoms with E-state index in [9.17, 15) is 0 Å². The molecule has 0 N–H and O–H groups in total. The van der Waals surface area contributed by atoms with Gasteiger partial charge in [0.2, 0.25) is 0 Å². The number of allylic oxidation sites excluding steroid dienone is 1. The lowest BCUT2D eigenvalue weighted by atomic mass is 9.90. The van der Waals surface area contributed by atoms with Gasteiger partial charge in [0.15, 0.2) is 0 Å². The number of fused-ring (bicyclic) bond motifs is 6. The maximum absolute atomic E-state index is 2.45. The lowest BCUT2D eigenvalue weighted by Crippen LogP contribution is -2.05. The third kappa shape index (κ3) is 4.64. The summed E-state index contributed by atoms with van der Waals surface area (Å²) in [6, 6.07) is 64.0. The molecule has 0 amide bonds. The zero-order valence-electron chi connectivity index (χ0n) is 27.6. The summed E-state index contributed by atoms with van der Waals surface area (Å²) in [6.07, 6.45) is 4.47. The molecule has 1 aliphatic carbocycles. The molecule has 0 bridgehead atoms. The van der Waals surface area contributed by atoms with Gasteiger partial charge < -0.3 is 9.13 Å². The van der Waals surface area contributed by atoms with Crippen molar-refractivity contribution in [2.45, 2.75) is 12.8 Å². The van der Waals surface area contributed by atoms with Crippen molar-refractivity contribution in [1.29, 1.82) is 0 Å². The molecule has 0 aliphatic heterocycles. The van der Waals surface area contributed by atoms with Crippen molar-refractivity contribution in [3.63, 3.8) is 0 Å². The van der Waals surface area contributed by atoms with Crippen molar-refractivity contribution in [3.05, 3.63) is 193 Å². The van der Waals surface area contributed by atoms with Crippen LogP contribution < -0.4 is 0 Å². The quantitative estimate of drug-likeness (QED) is 0.178. The van der Waals surface area contributed by atoms with E-state index in [-0.39, 0.29) is 0 Å². The molecule has 2 heterocycles. The summed E-state index contributed by atoms with van der Waals surface area (Å²) in [6.45, 7) is 0. The Labute approximate surface area is 291 Å². The van der Waals surface area contributed by atoms with Gasteiger partial charge in [-0.1, -0.05) is 127 Å². The van der Waals surface area contributed by atoms with Crippen molar-refractivity contribution < 1.29 is 0 Å². The number of benzene rings is 7. The van der Waals surface area contributed by atoms with Gasteiger partial charge in [-0.05, 0) is 101 Å². The number of nitrogens with zero attached hydrogens (tertiary/aromatic N) is 2. The van der Waals surface area contributed by atoms with E-state index in [2.05, 4.69) is 191 Å². The fourth-order valence-corrected chi connectivity index (χ4v) is 8.09. The van der Waals surface area contributed by atoms with Gasteiger partial charge in [-0.3, -0.25) is 0 Å². The molecular weight excluding hydrogens is 605 g/mol. The Hall–Kier alpha value is -6.38. The summed E-state index contributed by atoms with van der Waals surface area (Å²) in [4.78, 5) is 0. The molecule has 1 aliphatic rings. The minimum absolute atomic E-state index is 1.02. The van der Waals surface area contributed by atoms with Crippen LogP contribution in [-0.2, 0) is 6.42 Å². The van der Waals surface area contributed by atoms with Crippen LogP contribution in [0.4, 0.5) is 0 Å². The minimum Gasteiger partial charge on any atom is -0.313 e. The van der Waals surface area contributed by atoms with Gasteiger partial charge in [0.25, 0.3) is 0 Å². The Morgan fingerprint density at radius 2 is 0.900 bits per heavy atom. The highest BCUT2D eigenvalue weighted by molar-refractivity contribution is 6.10. The number of rotatable bonds is 5. The van der Waals surface area contributed by atoms with E-state index in [1.54, 1.807) is 0 Å². The Kier molecular flexibility index (Phi) is 6.67. The second-order valence-electron chi connectivity index (χ2n) is 13.3. The van der Waals surface area contributed by atoms with Crippen LogP contribution in [0.5, 0.6) is 0 Å². The van der Waals surface area contributed by atoms with Crippen LogP contribution in [0.3, 0.4) is 0 Å². The Morgan fingerprint density at radius 1 is 0.340 bits per heavy atom. The maximum Gasteiger partial charge on any atom is 0.0541 e. The SMILES string of the molecule is C1=C(c2ccc(-c3ccc4c(c3)c3ccccc3n4-c3cccc(-c4ccccc4)c3)cc2)CCc2c1c1ccccc1n2-c1ccccc1. The molecular formula is C48H34N2. The van der Waals surface area contributed by atoms with Crippen LogP contribution in [0.15, 0.2) is 176 Å². The van der Waals surface area contributed by atoms with Crippen LogP contribution >= 0.6 is 0 Å². The predicted molar refractivity (Wildman–Crippen MR) is 211 cm³/mol. The van der Waals surface area contributed by atoms with Gasteiger partial charge in [0, 0.05) is 38.8 Å². The zero-order valence-corrected chi connectivity index (χ0v) is 27.6. The van der Waals surface area contributed by atoms with Crippen molar-refractivity contribution in [3.8, 4) is 33.6 Å². The van der Waals surface area contributed by atoms with Crippen molar-refractivity contribution >= 4 is 44.4 Å². The first kappa shape index (κ1) is 28.6. The first-order valence-electron chi connectivity index (χ1n) is 17.5. The van der Waals surface area contributed by atoms with E-state index in [0.29, 0.717) is 0 Å². The number of aromatic nitrogens is 2. The second kappa shape index (κ2) is 11.6. The fourth-order valence-electron chi connectivity index (χ4n) is 8.09. The van der Waals surface area contributed by atoms with Gasteiger partial charge in [-0.25, -0.2) is 0 Å². The summed E-state index contributed by atoms with van der Waals surface area (Å²) in [5.74, 6) is 0. The number of hydrogen-bond donors (Lipinski definition) is 0. The standard InChI is InChI=1S/C48H34N2/c1-3-12-33(13-4-1)36-14-11-17-40(30-36)50-46-21-10-8-19-42(46)44-32-38(27-29-48(44)50)35-24-22-34(23-25-35)37-26-28-47-43(31-37)41-18-7-9-20-45(41)49(47)39-15-5-2-6-16-39/h1-25,27,29-32H,26,28H2. The first-order chi connectivity index (χ1) is 24.8. The van der Waals surface area contributed by atoms with Crippen LogP contribution in [0, 0.1) is 0 Å². The van der Waals surface area contributed by atoms with Gasteiger partial charge in [0.1, 0.15) is 0 Å². The van der Waals surface area contributed by atoms with E-state index < -0.39 is 0 Å². The summed E-state index contributed by atoms with van der Waals surface area (Å²) in [7, 11) is 0. The highest BCUT2D eigenvalue weighted by Crippen LogP contribution is 2.40. The summed E-state index contributed by atoms with van der Waals surface area (Å²) in [5, 5.41) is 3.85. The molecule has 0 spiro atoms. The summed E-state index contributed by atoms with van der Waals surface area (Å²) >= 11 is 0. The van der Waals surface area contributed by atoms with Gasteiger partial charge in [0.05, 0.1) is 16.6 Å². The van der Waals surface area contributed by atoms with E-state index in [0.717, 1.165) is 12.8 Å². The van der Waals surface area contributed by atoms with E-state index >= 15 is 0 Å². The van der Waals surface area contributed by atoms with Crippen LogP contribution in [-0.4, -0.2) is 9.13 Å². The smallest absolute Gasteiger partial charge is 0.0541 e. The molecule has 0 atom stereocenters. The zero-order chi connectivity index (χ0) is 33.0. The molecule has 0 saturated heterocycles. The Bertz CT molecular complexity index is 2720. The van der Waals surface area contributed by atoms with Crippen LogP contribution in [0.2, 0.25) is 0 Å². The fraction of sp³-hybridized carbons (Fsp3) is 0.0417. The normalized spacial score (nSPS) is 12.8.